The normalized spacial score (nSPS) is 12.5. The summed E-state index contributed by atoms with van der Waals surface area (Å²) in [5, 5.41) is 0.736. The van der Waals surface area contributed by atoms with Crippen molar-refractivity contribution in [1.82, 2.24) is 5.43 Å². The largest absolute Gasteiger partial charge is 0.271 e. The van der Waals surface area contributed by atoms with Crippen molar-refractivity contribution in [2.24, 2.45) is 5.84 Å². The fraction of sp³-hybridized carbons (Fsp3) is 0.250. The first kappa shape index (κ1) is 14.1. The second-order valence-electron chi connectivity index (χ2n) is 5.02. The highest BCUT2D eigenvalue weighted by Gasteiger charge is 2.15. The van der Waals surface area contributed by atoms with Gasteiger partial charge in [0.1, 0.15) is 0 Å². The van der Waals surface area contributed by atoms with E-state index in [4.69, 9.17) is 17.4 Å². The summed E-state index contributed by atoms with van der Waals surface area (Å²) in [6.45, 7) is 6.22. The monoisotopic (exact) mass is 274 g/mol. The molecule has 2 aromatic rings. The van der Waals surface area contributed by atoms with E-state index in [1.54, 1.807) is 0 Å². The van der Waals surface area contributed by atoms with Crippen LogP contribution in [-0.4, -0.2) is 0 Å². The third-order valence-electron chi connectivity index (χ3n) is 3.30. The molecule has 0 aliphatic heterocycles. The summed E-state index contributed by atoms with van der Waals surface area (Å²) in [6, 6.07) is 12.3. The van der Waals surface area contributed by atoms with E-state index in [-0.39, 0.29) is 6.04 Å². The highest BCUT2D eigenvalue weighted by molar-refractivity contribution is 6.30. The highest BCUT2D eigenvalue weighted by Crippen LogP contribution is 2.27. The number of hydrogen-bond acceptors (Lipinski definition) is 2. The Bertz CT molecular complexity index is 573. The lowest BCUT2D eigenvalue weighted by atomic mass is 9.93. The second-order valence-corrected chi connectivity index (χ2v) is 5.46. The third kappa shape index (κ3) is 3.16. The van der Waals surface area contributed by atoms with E-state index < -0.39 is 0 Å². The standard InChI is InChI=1S/C16H19ClN2/c1-10-4-5-15(12(3)6-10)16(19-18)13-7-11(2)8-14(17)9-13/h4-9,16,19H,18H2,1-3H3. The number of benzene rings is 2. The minimum Gasteiger partial charge on any atom is -0.271 e. The van der Waals surface area contributed by atoms with Gasteiger partial charge in [-0.05, 0) is 55.2 Å². The average molecular weight is 275 g/mol. The average Bonchev–Trinajstić information content (AvgIpc) is 2.31. The molecule has 100 valence electrons. The molecule has 0 aromatic heterocycles. The van der Waals surface area contributed by atoms with Gasteiger partial charge in [0, 0.05) is 5.02 Å². The molecular formula is C16H19ClN2. The maximum atomic E-state index is 6.14. The Hall–Kier alpha value is -1.35. The van der Waals surface area contributed by atoms with Crippen LogP contribution in [-0.2, 0) is 0 Å². The first-order chi connectivity index (χ1) is 9.01. The predicted molar refractivity (Wildman–Crippen MR) is 81.3 cm³/mol. The number of nitrogens with two attached hydrogens (primary N) is 1. The van der Waals surface area contributed by atoms with Crippen LogP contribution < -0.4 is 11.3 Å². The maximum Gasteiger partial charge on any atom is 0.0713 e. The molecule has 3 N–H and O–H groups in total. The van der Waals surface area contributed by atoms with E-state index >= 15 is 0 Å². The fourth-order valence-corrected chi connectivity index (χ4v) is 2.74. The van der Waals surface area contributed by atoms with E-state index in [9.17, 15) is 0 Å². The van der Waals surface area contributed by atoms with Crippen LogP contribution in [0.4, 0.5) is 0 Å². The Balaban J connectivity index is 2.49. The highest BCUT2D eigenvalue weighted by atomic mass is 35.5. The van der Waals surface area contributed by atoms with E-state index in [2.05, 4.69) is 43.5 Å². The molecule has 0 saturated heterocycles. The van der Waals surface area contributed by atoms with Crippen LogP contribution in [0.3, 0.4) is 0 Å². The Kier molecular flexibility index (Phi) is 4.25. The lowest BCUT2D eigenvalue weighted by molar-refractivity contribution is 0.633. The van der Waals surface area contributed by atoms with Crippen molar-refractivity contribution >= 4 is 11.6 Å². The predicted octanol–water partition coefficient (Wildman–Crippen LogP) is 3.82. The molecule has 19 heavy (non-hydrogen) atoms. The molecule has 0 amide bonds. The van der Waals surface area contributed by atoms with Gasteiger partial charge in [0.15, 0.2) is 0 Å². The van der Waals surface area contributed by atoms with Gasteiger partial charge in [-0.1, -0.05) is 41.4 Å². The van der Waals surface area contributed by atoms with Gasteiger partial charge >= 0.3 is 0 Å². The van der Waals surface area contributed by atoms with Gasteiger partial charge in [-0.3, -0.25) is 5.84 Å². The van der Waals surface area contributed by atoms with Gasteiger partial charge in [-0.25, -0.2) is 5.43 Å². The number of aryl methyl sites for hydroxylation is 3. The van der Waals surface area contributed by atoms with E-state index in [0.717, 1.165) is 16.1 Å². The molecular weight excluding hydrogens is 256 g/mol. The fourth-order valence-electron chi connectivity index (χ4n) is 2.45. The van der Waals surface area contributed by atoms with Crippen LogP contribution >= 0.6 is 11.6 Å². The molecule has 0 bridgehead atoms. The van der Waals surface area contributed by atoms with Gasteiger partial charge in [0.25, 0.3) is 0 Å². The summed E-state index contributed by atoms with van der Waals surface area (Å²) in [5.41, 5.74) is 8.75. The maximum absolute atomic E-state index is 6.14. The van der Waals surface area contributed by atoms with Crippen molar-refractivity contribution in [1.29, 1.82) is 0 Å². The van der Waals surface area contributed by atoms with Gasteiger partial charge in [0.2, 0.25) is 0 Å². The number of hydrazine groups is 1. The van der Waals surface area contributed by atoms with Gasteiger partial charge < -0.3 is 0 Å². The minimum atomic E-state index is -0.0435. The van der Waals surface area contributed by atoms with Crippen LogP contribution in [0.5, 0.6) is 0 Å². The number of rotatable bonds is 3. The third-order valence-corrected chi connectivity index (χ3v) is 3.52. The van der Waals surface area contributed by atoms with E-state index in [1.165, 1.54) is 16.7 Å². The topological polar surface area (TPSA) is 38.0 Å². The molecule has 3 heteroatoms. The first-order valence-corrected chi connectivity index (χ1v) is 6.69. The van der Waals surface area contributed by atoms with Crippen LogP contribution in [0.15, 0.2) is 36.4 Å². The molecule has 1 unspecified atom stereocenters. The second kappa shape index (κ2) is 5.74. The molecule has 2 rings (SSSR count). The van der Waals surface area contributed by atoms with E-state index in [0.29, 0.717) is 0 Å². The quantitative estimate of drug-likeness (QED) is 0.660. The molecule has 0 saturated carbocycles. The van der Waals surface area contributed by atoms with Crippen molar-refractivity contribution < 1.29 is 0 Å². The van der Waals surface area contributed by atoms with Crippen molar-refractivity contribution in [2.75, 3.05) is 0 Å². The Morgan fingerprint density at radius 3 is 2.32 bits per heavy atom. The molecule has 1 atom stereocenters. The van der Waals surface area contributed by atoms with Gasteiger partial charge in [0.05, 0.1) is 6.04 Å². The van der Waals surface area contributed by atoms with Crippen molar-refractivity contribution in [3.63, 3.8) is 0 Å². The summed E-state index contributed by atoms with van der Waals surface area (Å²) in [5.74, 6) is 5.75. The summed E-state index contributed by atoms with van der Waals surface area (Å²) in [7, 11) is 0. The van der Waals surface area contributed by atoms with Crippen LogP contribution in [0.2, 0.25) is 5.02 Å². The zero-order chi connectivity index (χ0) is 14.0. The van der Waals surface area contributed by atoms with Gasteiger partial charge in [-0.15, -0.1) is 0 Å². The van der Waals surface area contributed by atoms with Crippen molar-refractivity contribution in [2.45, 2.75) is 26.8 Å². The molecule has 0 spiro atoms. The van der Waals surface area contributed by atoms with Gasteiger partial charge in [-0.2, -0.15) is 0 Å². The lowest BCUT2D eigenvalue weighted by Crippen LogP contribution is -2.29. The smallest absolute Gasteiger partial charge is 0.0713 e. The van der Waals surface area contributed by atoms with Crippen molar-refractivity contribution in [3.05, 3.63) is 69.2 Å². The lowest BCUT2D eigenvalue weighted by Gasteiger charge is -2.20. The summed E-state index contributed by atoms with van der Waals surface area (Å²) < 4.78 is 0. The van der Waals surface area contributed by atoms with Crippen molar-refractivity contribution in [3.8, 4) is 0 Å². The molecule has 2 nitrogen and oxygen atoms in total. The van der Waals surface area contributed by atoms with Crippen LogP contribution in [0.25, 0.3) is 0 Å². The van der Waals surface area contributed by atoms with Crippen LogP contribution in [0.1, 0.15) is 33.9 Å². The number of halogens is 1. The summed E-state index contributed by atoms with van der Waals surface area (Å²) >= 11 is 6.14. The zero-order valence-electron chi connectivity index (χ0n) is 11.5. The number of nitrogens with one attached hydrogen (secondary N) is 1. The Morgan fingerprint density at radius 1 is 1.00 bits per heavy atom. The van der Waals surface area contributed by atoms with Crippen LogP contribution in [0, 0.1) is 20.8 Å². The van der Waals surface area contributed by atoms with E-state index in [1.807, 2.05) is 19.1 Å². The molecule has 2 aromatic carbocycles. The molecule has 0 aliphatic carbocycles. The minimum absolute atomic E-state index is 0.0435. The summed E-state index contributed by atoms with van der Waals surface area (Å²) in [4.78, 5) is 0. The summed E-state index contributed by atoms with van der Waals surface area (Å²) in [6.07, 6.45) is 0. The molecule has 0 aliphatic rings. The Labute approximate surface area is 119 Å². The number of hydrogen-bond donors (Lipinski definition) is 2. The molecule has 0 radical (unpaired) electrons. The molecule has 0 fully saturated rings. The first-order valence-electron chi connectivity index (χ1n) is 6.31. The molecule has 0 heterocycles. The Morgan fingerprint density at radius 2 is 1.74 bits per heavy atom. The SMILES string of the molecule is Cc1cc(Cl)cc(C(NN)c2ccc(C)cc2C)c1. The zero-order valence-corrected chi connectivity index (χ0v) is 12.3.